The van der Waals surface area contributed by atoms with E-state index in [9.17, 15) is 0 Å². The summed E-state index contributed by atoms with van der Waals surface area (Å²) in [6.07, 6.45) is 6.15. The number of thiophene rings is 1. The average molecular weight is 238 g/mol. The molecule has 0 saturated carbocycles. The zero-order valence-corrected chi connectivity index (χ0v) is 10.4. The summed E-state index contributed by atoms with van der Waals surface area (Å²) in [6, 6.07) is 11.3. The summed E-state index contributed by atoms with van der Waals surface area (Å²) in [4.78, 5) is 0. The van der Waals surface area contributed by atoms with E-state index in [-0.39, 0.29) is 0 Å². The van der Waals surface area contributed by atoms with E-state index in [0.717, 1.165) is 0 Å². The Balaban J connectivity index is 1.84. The first-order valence-corrected chi connectivity index (χ1v) is 7.17. The van der Waals surface area contributed by atoms with Crippen molar-refractivity contribution < 1.29 is 0 Å². The van der Waals surface area contributed by atoms with Gasteiger partial charge in [-0.2, -0.15) is 11.3 Å². The quantitative estimate of drug-likeness (QED) is 0.633. The molecule has 4 rings (SSSR count). The lowest BCUT2D eigenvalue weighted by Gasteiger charge is -2.24. The molecule has 0 spiro atoms. The molecule has 1 aromatic carbocycles. The Morgan fingerprint density at radius 3 is 2.71 bits per heavy atom. The van der Waals surface area contributed by atoms with Crippen LogP contribution in [-0.2, 0) is 0 Å². The van der Waals surface area contributed by atoms with Crippen molar-refractivity contribution in [3.8, 4) is 0 Å². The van der Waals surface area contributed by atoms with Gasteiger partial charge in [0.2, 0.25) is 0 Å². The van der Waals surface area contributed by atoms with Gasteiger partial charge in [-0.15, -0.1) is 0 Å². The van der Waals surface area contributed by atoms with Gasteiger partial charge >= 0.3 is 0 Å². The molecule has 0 nitrogen and oxygen atoms in total. The van der Waals surface area contributed by atoms with Gasteiger partial charge in [0.1, 0.15) is 0 Å². The largest absolute Gasteiger partial charge is 0.152 e. The summed E-state index contributed by atoms with van der Waals surface area (Å²) in [5.74, 6) is 1.98. The molecule has 0 fully saturated rings. The van der Waals surface area contributed by atoms with Gasteiger partial charge in [-0.1, -0.05) is 36.4 Å². The molecular formula is C16H14S. The van der Waals surface area contributed by atoms with Crippen molar-refractivity contribution in [2.45, 2.75) is 24.2 Å². The lowest BCUT2D eigenvalue weighted by molar-refractivity contribution is 0.565. The summed E-state index contributed by atoms with van der Waals surface area (Å²) in [5.41, 5.74) is 4.64. The smallest absolute Gasteiger partial charge is 0.00956 e. The fourth-order valence-corrected chi connectivity index (χ4v) is 4.14. The third-order valence-corrected chi connectivity index (χ3v) is 4.92. The Morgan fingerprint density at radius 2 is 1.88 bits per heavy atom. The van der Waals surface area contributed by atoms with Crippen molar-refractivity contribution in [3.05, 3.63) is 69.9 Å². The molecule has 2 aliphatic rings. The van der Waals surface area contributed by atoms with Crippen LogP contribution in [0.5, 0.6) is 0 Å². The van der Waals surface area contributed by atoms with Crippen LogP contribution in [0.15, 0.2) is 53.2 Å². The van der Waals surface area contributed by atoms with E-state index in [1.807, 2.05) is 0 Å². The molecule has 17 heavy (non-hydrogen) atoms. The predicted molar refractivity (Wildman–Crippen MR) is 72.7 cm³/mol. The number of hydrogen-bond donors (Lipinski definition) is 0. The van der Waals surface area contributed by atoms with Crippen LogP contribution >= 0.6 is 11.3 Å². The summed E-state index contributed by atoms with van der Waals surface area (Å²) in [6.45, 7) is 0. The van der Waals surface area contributed by atoms with Crippen LogP contribution in [0.25, 0.3) is 0 Å². The van der Waals surface area contributed by atoms with E-state index < -0.39 is 0 Å². The summed E-state index contributed by atoms with van der Waals surface area (Å²) in [7, 11) is 0. The van der Waals surface area contributed by atoms with Gasteiger partial charge in [0, 0.05) is 11.8 Å². The molecule has 1 heterocycles. The highest BCUT2D eigenvalue weighted by Gasteiger charge is 2.37. The molecule has 2 aromatic rings. The molecule has 2 aliphatic carbocycles. The van der Waals surface area contributed by atoms with E-state index in [0.29, 0.717) is 17.8 Å². The predicted octanol–water partition coefficient (Wildman–Crippen LogP) is 4.67. The zero-order valence-electron chi connectivity index (χ0n) is 9.54. The highest BCUT2D eigenvalue weighted by atomic mass is 32.1. The second-order valence-corrected chi connectivity index (χ2v) is 5.83. The van der Waals surface area contributed by atoms with E-state index >= 15 is 0 Å². The van der Waals surface area contributed by atoms with Gasteiger partial charge in [0.15, 0.2) is 0 Å². The Bertz CT molecular complexity index is 565. The minimum atomic E-state index is 0.598. The second-order valence-electron chi connectivity index (χ2n) is 5.04. The lowest BCUT2D eigenvalue weighted by Crippen LogP contribution is -2.08. The first kappa shape index (κ1) is 9.67. The van der Waals surface area contributed by atoms with Crippen molar-refractivity contribution in [2.75, 3.05) is 0 Å². The topological polar surface area (TPSA) is 0 Å². The van der Waals surface area contributed by atoms with Crippen LogP contribution in [0.3, 0.4) is 0 Å². The van der Waals surface area contributed by atoms with Crippen LogP contribution in [-0.4, -0.2) is 0 Å². The number of hydrogen-bond acceptors (Lipinski definition) is 1. The molecule has 0 N–H and O–H groups in total. The molecular weight excluding hydrogens is 224 g/mol. The van der Waals surface area contributed by atoms with Gasteiger partial charge in [-0.05, 0) is 45.9 Å². The third-order valence-electron chi connectivity index (χ3n) is 4.22. The van der Waals surface area contributed by atoms with Crippen LogP contribution in [0.1, 0.15) is 40.9 Å². The molecule has 0 radical (unpaired) electrons. The van der Waals surface area contributed by atoms with Gasteiger partial charge in [0.25, 0.3) is 0 Å². The fourth-order valence-electron chi connectivity index (χ4n) is 3.43. The number of fused-ring (bicyclic) bond motifs is 5. The first-order chi connectivity index (χ1) is 8.43. The van der Waals surface area contributed by atoms with Crippen molar-refractivity contribution in [2.24, 2.45) is 0 Å². The Hall–Kier alpha value is -1.34. The van der Waals surface area contributed by atoms with Gasteiger partial charge in [-0.3, -0.25) is 0 Å². The zero-order chi connectivity index (χ0) is 11.2. The average Bonchev–Trinajstić information content (AvgIpc) is 3.00. The molecule has 1 aromatic heterocycles. The first-order valence-electron chi connectivity index (χ1n) is 6.23. The maximum atomic E-state index is 2.43. The molecule has 0 aliphatic heterocycles. The van der Waals surface area contributed by atoms with Crippen molar-refractivity contribution in [1.29, 1.82) is 0 Å². The highest BCUT2D eigenvalue weighted by Crippen LogP contribution is 2.53. The molecule has 0 saturated heterocycles. The normalized spacial score (nSPS) is 29.3. The molecule has 3 atom stereocenters. The van der Waals surface area contributed by atoms with Gasteiger partial charge < -0.3 is 0 Å². The van der Waals surface area contributed by atoms with Crippen molar-refractivity contribution >= 4 is 11.3 Å². The highest BCUT2D eigenvalue weighted by molar-refractivity contribution is 7.08. The molecule has 2 bridgehead atoms. The summed E-state index contributed by atoms with van der Waals surface area (Å²) < 4.78 is 0. The van der Waals surface area contributed by atoms with Gasteiger partial charge in [-0.25, -0.2) is 0 Å². The monoisotopic (exact) mass is 238 g/mol. The Kier molecular flexibility index (Phi) is 2.03. The van der Waals surface area contributed by atoms with Crippen LogP contribution in [0, 0.1) is 0 Å². The van der Waals surface area contributed by atoms with E-state index in [1.165, 1.54) is 12.0 Å². The number of allylic oxidation sites excluding steroid dienone is 2. The van der Waals surface area contributed by atoms with E-state index in [2.05, 4.69) is 53.2 Å². The molecule has 1 heteroatoms. The van der Waals surface area contributed by atoms with E-state index in [1.54, 1.807) is 22.5 Å². The van der Waals surface area contributed by atoms with E-state index in [4.69, 9.17) is 0 Å². The van der Waals surface area contributed by atoms with Crippen molar-refractivity contribution in [1.82, 2.24) is 0 Å². The Labute approximate surface area is 106 Å². The molecule has 0 amide bonds. The van der Waals surface area contributed by atoms with Crippen molar-refractivity contribution in [3.63, 3.8) is 0 Å². The molecule has 84 valence electrons. The standard InChI is InChI=1S/C16H14S/c1-2-4-15-13(3-1)11-5-6-14(16(15)9-11)12-7-8-17-10-12/h1-8,10-11,14,16H,9H2/t11-,14-,16-/m0/s1. The second kappa shape index (κ2) is 3.58. The fraction of sp³-hybridized carbons (Fsp3) is 0.250. The van der Waals surface area contributed by atoms with Crippen LogP contribution in [0.4, 0.5) is 0 Å². The minimum absolute atomic E-state index is 0.598. The third kappa shape index (κ3) is 1.35. The molecule has 0 unspecified atom stereocenters. The number of benzene rings is 1. The maximum Gasteiger partial charge on any atom is 0.00956 e. The summed E-state index contributed by atoms with van der Waals surface area (Å²) >= 11 is 1.81. The minimum Gasteiger partial charge on any atom is -0.152 e. The van der Waals surface area contributed by atoms with Gasteiger partial charge in [0.05, 0.1) is 0 Å². The van der Waals surface area contributed by atoms with Crippen LogP contribution in [0.2, 0.25) is 0 Å². The maximum absolute atomic E-state index is 2.43. The summed E-state index contributed by atoms with van der Waals surface area (Å²) in [5, 5.41) is 4.49. The Morgan fingerprint density at radius 1 is 1.00 bits per heavy atom. The van der Waals surface area contributed by atoms with Crippen LogP contribution < -0.4 is 0 Å². The number of rotatable bonds is 1. The lowest BCUT2D eigenvalue weighted by atomic mass is 9.80. The SMILES string of the molecule is C1=C[C@@H](c2ccsc2)[C@@H]2C[C@H]1c1ccccc12.